The van der Waals surface area contributed by atoms with E-state index in [2.05, 4.69) is 57.6 Å². The standard InChI is InChI=1S/C15H19N/c1-7-13(6)16-15-9-11(4)14(10(2)3)8-12(15)5/h1,8-10,16H,6H2,2-5H3. The Kier molecular flexibility index (Phi) is 3.79. The van der Waals surface area contributed by atoms with E-state index in [1.165, 1.54) is 16.7 Å². The lowest BCUT2D eigenvalue weighted by molar-refractivity contribution is 0.855. The molecule has 0 aliphatic carbocycles. The van der Waals surface area contributed by atoms with Crippen LogP contribution < -0.4 is 5.32 Å². The molecule has 0 bridgehead atoms. The van der Waals surface area contributed by atoms with Gasteiger partial charge in [-0.25, -0.2) is 0 Å². The van der Waals surface area contributed by atoms with Gasteiger partial charge in [-0.1, -0.05) is 32.4 Å². The van der Waals surface area contributed by atoms with E-state index in [0.29, 0.717) is 11.6 Å². The zero-order valence-corrected chi connectivity index (χ0v) is 10.5. The molecule has 1 rings (SSSR count). The molecule has 16 heavy (non-hydrogen) atoms. The molecular formula is C15H19N. The summed E-state index contributed by atoms with van der Waals surface area (Å²) in [7, 11) is 0. The molecule has 1 heteroatoms. The third kappa shape index (κ3) is 2.67. The lowest BCUT2D eigenvalue weighted by Crippen LogP contribution is -2.01. The zero-order valence-electron chi connectivity index (χ0n) is 10.5. The minimum atomic E-state index is 0.545. The number of anilines is 1. The molecule has 0 unspecified atom stereocenters. The van der Waals surface area contributed by atoms with Crippen LogP contribution in [0.1, 0.15) is 36.5 Å². The first-order valence-electron chi connectivity index (χ1n) is 5.49. The highest BCUT2D eigenvalue weighted by Gasteiger charge is 2.07. The summed E-state index contributed by atoms with van der Waals surface area (Å²) in [6, 6.07) is 4.35. The monoisotopic (exact) mass is 213 g/mol. The highest BCUT2D eigenvalue weighted by atomic mass is 14.9. The second-order valence-electron chi connectivity index (χ2n) is 4.43. The third-order valence-corrected chi connectivity index (χ3v) is 2.69. The van der Waals surface area contributed by atoms with Crippen molar-refractivity contribution in [2.45, 2.75) is 33.6 Å². The Balaban J connectivity index is 3.11. The number of aryl methyl sites for hydroxylation is 2. The number of terminal acetylenes is 1. The molecule has 1 aromatic carbocycles. The first-order chi connectivity index (χ1) is 7.45. The second kappa shape index (κ2) is 4.90. The molecule has 1 aromatic rings. The van der Waals surface area contributed by atoms with E-state index in [9.17, 15) is 0 Å². The van der Waals surface area contributed by atoms with Crippen molar-refractivity contribution in [1.82, 2.24) is 0 Å². The van der Waals surface area contributed by atoms with Crippen LogP contribution in [0.2, 0.25) is 0 Å². The van der Waals surface area contributed by atoms with Crippen LogP contribution in [-0.2, 0) is 0 Å². The van der Waals surface area contributed by atoms with Gasteiger partial charge in [-0.3, -0.25) is 0 Å². The van der Waals surface area contributed by atoms with E-state index < -0.39 is 0 Å². The van der Waals surface area contributed by atoms with Gasteiger partial charge in [0.2, 0.25) is 0 Å². The molecule has 1 nitrogen and oxygen atoms in total. The molecule has 0 spiro atoms. The Morgan fingerprint density at radius 2 is 1.94 bits per heavy atom. The van der Waals surface area contributed by atoms with Crippen molar-refractivity contribution in [3.8, 4) is 12.3 Å². The van der Waals surface area contributed by atoms with E-state index in [1.807, 2.05) is 0 Å². The molecule has 0 heterocycles. The topological polar surface area (TPSA) is 12.0 Å². The van der Waals surface area contributed by atoms with Crippen LogP contribution in [0.4, 0.5) is 5.69 Å². The first kappa shape index (κ1) is 12.4. The van der Waals surface area contributed by atoms with Crippen LogP contribution in [0.25, 0.3) is 0 Å². The summed E-state index contributed by atoms with van der Waals surface area (Å²) in [6.07, 6.45) is 5.27. The Labute approximate surface area is 98.6 Å². The maximum atomic E-state index is 5.27. The average molecular weight is 213 g/mol. The zero-order chi connectivity index (χ0) is 12.3. The summed E-state index contributed by atoms with van der Waals surface area (Å²) in [5, 5.41) is 3.14. The van der Waals surface area contributed by atoms with E-state index >= 15 is 0 Å². The van der Waals surface area contributed by atoms with Crippen LogP contribution >= 0.6 is 0 Å². The van der Waals surface area contributed by atoms with Gasteiger partial charge in [0, 0.05) is 5.69 Å². The van der Waals surface area contributed by atoms with Crippen molar-refractivity contribution in [1.29, 1.82) is 0 Å². The molecule has 0 aromatic heterocycles. The van der Waals surface area contributed by atoms with E-state index in [-0.39, 0.29) is 0 Å². The molecule has 1 N–H and O–H groups in total. The fraction of sp³-hybridized carbons (Fsp3) is 0.333. The number of hydrogen-bond acceptors (Lipinski definition) is 1. The fourth-order valence-corrected chi connectivity index (χ4v) is 1.79. The Morgan fingerprint density at radius 1 is 1.31 bits per heavy atom. The van der Waals surface area contributed by atoms with Gasteiger partial charge in [0.05, 0.1) is 5.70 Å². The second-order valence-corrected chi connectivity index (χ2v) is 4.43. The van der Waals surface area contributed by atoms with Gasteiger partial charge >= 0.3 is 0 Å². The summed E-state index contributed by atoms with van der Waals surface area (Å²) < 4.78 is 0. The molecule has 0 aliphatic rings. The highest BCUT2D eigenvalue weighted by molar-refractivity contribution is 5.60. The number of nitrogens with one attached hydrogen (secondary N) is 1. The molecule has 0 atom stereocenters. The summed E-state index contributed by atoms with van der Waals surface area (Å²) in [4.78, 5) is 0. The van der Waals surface area contributed by atoms with Crippen molar-refractivity contribution < 1.29 is 0 Å². The van der Waals surface area contributed by atoms with E-state index in [4.69, 9.17) is 6.42 Å². The summed E-state index contributed by atoms with van der Waals surface area (Å²) in [5.41, 5.74) is 5.51. The largest absolute Gasteiger partial charge is 0.349 e. The molecule has 0 saturated heterocycles. The molecule has 0 aliphatic heterocycles. The summed E-state index contributed by atoms with van der Waals surface area (Å²) in [5.74, 6) is 3.04. The normalized spacial score (nSPS) is 10.0. The predicted octanol–water partition coefficient (Wildman–Crippen LogP) is 3.99. The molecule has 84 valence electrons. The van der Waals surface area contributed by atoms with Gasteiger partial charge < -0.3 is 5.32 Å². The number of hydrogen-bond donors (Lipinski definition) is 1. The smallest absolute Gasteiger partial charge is 0.0821 e. The van der Waals surface area contributed by atoms with Gasteiger partial charge in [0.25, 0.3) is 0 Å². The quantitative estimate of drug-likeness (QED) is 0.749. The SMILES string of the molecule is C#CC(=C)Nc1cc(C)c(C(C)C)cc1C. The molecule has 0 radical (unpaired) electrons. The van der Waals surface area contributed by atoms with Gasteiger partial charge in [-0.05, 0) is 42.5 Å². The van der Waals surface area contributed by atoms with Crippen molar-refractivity contribution in [3.63, 3.8) is 0 Å². The molecule has 0 amide bonds. The van der Waals surface area contributed by atoms with Crippen molar-refractivity contribution in [2.24, 2.45) is 0 Å². The van der Waals surface area contributed by atoms with Crippen LogP contribution in [-0.4, -0.2) is 0 Å². The lowest BCUT2D eigenvalue weighted by Gasteiger charge is -2.15. The Hall–Kier alpha value is -1.68. The highest BCUT2D eigenvalue weighted by Crippen LogP contribution is 2.26. The minimum absolute atomic E-state index is 0.545. The van der Waals surface area contributed by atoms with E-state index in [0.717, 1.165) is 5.69 Å². The van der Waals surface area contributed by atoms with Gasteiger partial charge in [0.1, 0.15) is 0 Å². The van der Waals surface area contributed by atoms with Crippen molar-refractivity contribution in [2.75, 3.05) is 5.32 Å². The fourth-order valence-electron chi connectivity index (χ4n) is 1.79. The number of allylic oxidation sites excluding steroid dienone is 1. The third-order valence-electron chi connectivity index (χ3n) is 2.69. The van der Waals surface area contributed by atoms with E-state index in [1.54, 1.807) is 0 Å². The lowest BCUT2D eigenvalue weighted by atomic mass is 9.95. The maximum absolute atomic E-state index is 5.27. The van der Waals surface area contributed by atoms with Crippen LogP contribution in [0.15, 0.2) is 24.4 Å². The molecule has 0 saturated carbocycles. The average Bonchev–Trinajstić information content (AvgIpc) is 2.22. The molecular weight excluding hydrogens is 194 g/mol. The van der Waals surface area contributed by atoms with Crippen LogP contribution in [0.5, 0.6) is 0 Å². The number of benzene rings is 1. The van der Waals surface area contributed by atoms with Crippen molar-refractivity contribution in [3.05, 3.63) is 41.1 Å². The first-order valence-corrected chi connectivity index (χ1v) is 5.49. The summed E-state index contributed by atoms with van der Waals surface area (Å²) in [6.45, 7) is 12.4. The van der Waals surface area contributed by atoms with Gasteiger partial charge in [0.15, 0.2) is 0 Å². The van der Waals surface area contributed by atoms with Crippen LogP contribution in [0.3, 0.4) is 0 Å². The van der Waals surface area contributed by atoms with Crippen LogP contribution in [0, 0.1) is 26.2 Å². The minimum Gasteiger partial charge on any atom is -0.349 e. The predicted molar refractivity (Wildman–Crippen MR) is 71.6 cm³/mol. The Bertz CT molecular complexity index is 447. The van der Waals surface area contributed by atoms with Gasteiger partial charge in [-0.2, -0.15) is 0 Å². The Morgan fingerprint density at radius 3 is 2.44 bits per heavy atom. The van der Waals surface area contributed by atoms with Gasteiger partial charge in [-0.15, -0.1) is 6.42 Å². The van der Waals surface area contributed by atoms with Crippen molar-refractivity contribution >= 4 is 5.69 Å². The molecule has 0 fully saturated rings. The maximum Gasteiger partial charge on any atom is 0.0821 e. The summed E-state index contributed by atoms with van der Waals surface area (Å²) >= 11 is 0. The number of rotatable bonds is 3.